The number of hydrogen-bond donors (Lipinski definition) is 1. The molecule has 92 valence electrons. The monoisotopic (exact) mass is 226 g/mol. The lowest BCUT2D eigenvalue weighted by Gasteiger charge is -2.31. The van der Waals surface area contributed by atoms with Crippen LogP contribution in [0.5, 0.6) is 0 Å². The number of carbonyl (C=O) groups excluding carboxylic acids is 2. The Bertz CT molecular complexity index is 263. The molecule has 1 fully saturated rings. The first-order chi connectivity index (χ1) is 7.52. The van der Waals surface area contributed by atoms with Crippen molar-refractivity contribution in [2.24, 2.45) is 17.8 Å². The molecule has 1 N–H and O–H groups in total. The lowest BCUT2D eigenvalue weighted by Crippen LogP contribution is -2.45. The van der Waals surface area contributed by atoms with Gasteiger partial charge in [0.1, 0.15) is 0 Å². The molecule has 1 aliphatic carbocycles. The SMILES string of the molecule is CC(C)CNC(=O)[C@@H]1CCCC[C@H]1C(=O)[O-]. The van der Waals surface area contributed by atoms with Gasteiger partial charge in [-0.1, -0.05) is 26.7 Å². The minimum atomic E-state index is -1.08. The fraction of sp³-hybridized carbons (Fsp3) is 0.833. The Hall–Kier alpha value is -1.06. The molecule has 4 nitrogen and oxygen atoms in total. The summed E-state index contributed by atoms with van der Waals surface area (Å²) in [6.45, 7) is 4.63. The van der Waals surface area contributed by atoms with Crippen molar-refractivity contribution in [2.75, 3.05) is 6.54 Å². The van der Waals surface area contributed by atoms with Crippen LogP contribution in [0.25, 0.3) is 0 Å². The Morgan fingerprint density at radius 2 is 1.81 bits per heavy atom. The molecular formula is C12H20NO3-. The maximum absolute atomic E-state index is 11.8. The van der Waals surface area contributed by atoms with Crippen LogP contribution in [0.1, 0.15) is 39.5 Å². The van der Waals surface area contributed by atoms with Gasteiger partial charge in [0.25, 0.3) is 0 Å². The summed E-state index contributed by atoms with van der Waals surface area (Å²) in [4.78, 5) is 22.7. The average molecular weight is 226 g/mol. The minimum absolute atomic E-state index is 0.123. The molecular weight excluding hydrogens is 206 g/mol. The third-order valence-electron chi connectivity index (χ3n) is 3.09. The summed E-state index contributed by atoms with van der Waals surface area (Å²) in [6.07, 6.45) is 3.06. The predicted molar refractivity (Wildman–Crippen MR) is 58.3 cm³/mol. The number of hydrogen-bond acceptors (Lipinski definition) is 3. The van der Waals surface area contributed by atoms with E-state index in [2.05, 4.69) is 5.32 Å². The van der Waals surface area contributed by atoms with Crippen molar-refractivity contribution in [3.63, 3.8) is 0 Å². The van der Waals surface area contributed by atoms with Crippen molar-refractivity contribution in [1.82, 2.24) is 5.32 Å². The summed E-state index contributed by atoms with van der Waals surface area (Å²) < 4.78 is 0. The second-order valence-electron chi connectivity index (χ2n) is 4.96. The molecule has 1 amide bonds. The molecule has 0 bridgehead atoms. The van der Waals surface area contributed by atoms with Crippen LogP contribution >= 0.6 is 0 Å². The Kier molecular flexibility index (Phi) is 4.77. The molecule has 0 saturated heterocycles. The van der Waals surface area contributed by atoms with E-state index >= 15 is 0 Å². The van der Waals surface area contributed by atoms with Gasteiger partial charge in [-0.15, -0.1) is 0 Å². The van der Waals surface area contributed by atoms with Gasteiger partial charge in [0.05, 0.1) is 0 Å². The van der Waals surface area contributed by atoms with Crippen LogP contribution in [0.15, 0.2) is 0 Å². The number of nitrogens with one attached hydrogen (secondary N) is 1. The van der Waals surface area contributed by atoms with Gasteiger partial charge in [-0.2, -0.15) is 0 Å². The molecule has 0 aromatic heterocycles. The summed E-state index contributed by atoms with van der Waals surface area (Å²) >= 11 is 0. The standard InChI is InChI=1S/C12H21NO3/c1-8(2)7-13-11(14)9-5-3-4-6-10(9)12(15)16/h8-10H,3-7H2,1-2H3,(H,13,14)(H,15,16)/p-1/t9-,10-/m1/s1. The van der Waals surface area contributed by atoms with Crippen molar-refractivity contribution in [3.05, 3.63) is 0 Å². The normalized spacial score (nSPS) is 25.4. The molecule has 2 atom stereocenters. The molecule has 0 unspecified atom stereocenters. The predicted octanol–water partition coefficient (Wildman–Crippen LogP) is 0.315. The summed E-state index contributed by atoms with van der Waals surface area (Å²) in [7, 11) is 0. The molecule has 4 heteroatoms. The van der Waals surface area contributed by atoms with Crippen LogP contribution in [-0.4, -0.2) is 18.4 Å². The third kappa shape index (κ3) is 3.51. The highest BCUT2D eigenvalue weighted by Gasteiger charge is 2.31. The van der Waals surface area contributed by atoms with Crippen molar-refractivity contribution >= 4 is 11.9 Å². The van der Waals surface area contributed by atoms with Gasteiger partial charge in [0.2, 0.25) is 5.91 Å². The zero-order valence-corrected chi connectivity index (χ0v) is 9.99. The van der Waals surface area contributed by atoms with Crippen molar-refractivity contribution in [1.29, 1.82) is 0 Å². The van der Waals surface area contributed by atoms with E-state index in [1.807, 2.05) is 13.8 Å². The zero-order chi connectivity index (χ0) is 12.1. The Balaban J connectivity index is 2.54. The van der Waals surface area contributed by atoms with E-state index in [4.69, 9.17) is 0 Å². The van der Waals surface area contributed by atoms with Gasteiger partial charge in [-0.05, 0) is 18.8 Å². The van der Waals surface area contributed by atoms with E-state index in [0.29, 0.717) is 25.3 Å². The lowest BCUT2D eigenvalue weighted by molar-refractivity contribution is -0.314. The number of amides is 1. The van der Waals surface area contributed by atoms with Gasteiger partial charge >= 0.3 is 0 Å². The molecule has 0 aliphatic heterocycles. The molecule has 0 aromatic rings. The molecule has 0 aromatic carbocycles. The zero-order valence-electron chi connectivity index (χ0n) is 9.99. The van der Waals surface area contributed by atoms with Crippen LogP contribution in [0.2, 0.25) is 0 Å². The maximum atomic E-state index is 11.8. The van der Waals surface area contributed by atoms with Crippen LogP contribution in [0, 0.1) is 17.8 Å². The second-order valence-corrected chi connectivity index (χ2v) is 4.96. The van der Waals surface area contributed by atoms with Crippen LogP contribution in [0.4, 0.5) is 0 Å². The molecule has 0 radical (unpaired) electrons. The number of rotatable bonds is 4. The van der Waals surface area contributed by atoms with E-state index in [1.54, 1.807) is 0 Å². The summed E-state index contributed by atoms with van der Waals surface area (Å²) in [6, 6.07) is 0. The van der Waals surface area contributed by atoms with Gasteiger partial charge in [0.15, 0.2) is 0 Å². The molecule has 1 saturated carbocycles. The van der Waals surface area contributed by atoms with Crippen molar-refractivity contribution < 1.29 is 14.7 Å². The molecule has 16 heavy (non-hydrogen) atoms. The van der Waals surface area contributed by atoms with E-state index in [-0.39, 0.29) is 5.91 Å². The smallest absolute Gasteiger partial charge is 0.223 e. The van der Waals surface area contributed by atoms with Crippen LogP contribution in [0.3, 0.4) is 0 Å². The summed E-state index contributed by atoms with van der Waals surface area (Å²) in [5.41, 5.74) is 0. The quantitative estimate of drug-likeness (QED) is 0.750. The lowest BCUT2D eigenvalue weighted by atomic mass is 9.78. The summed E-state index contributed by atoms with van der Waals surface area (Å²) in [5, 5.41) is 13.7. The van der Waals surface area contributed by atoms with E-state index in [1.165, 1.54) is 0 Å². The van der Waals surface area contributed by atoms with Gasteiger partial charge < -0.3 is 15.2 Å². The molecule has 0 spiro atoms. The first kappa shape index (κ1) is 13.0. The van der Waals surface area contributed by atoms with Gasteiger partial charge in [-0.3, -0.25) is 4.79 Å². The van der Waals surface area contributed by atoms with Crippen molar-refractivity contribution in [3.8, 4) is 0 Å². The highest BCUT2D eigenvalue weighted by atomic mass is 16.4. The van der Waals surface area contributed by atoms with E-state index < -0.39 is 17.8 Å². The van der Waals surface area contributed by atoms with Crippen molar-refractivity contribution in [2.45, 2.75) is 39.5 Å². The Morgan fingerprint density at radius 3 is 2.31 bits per heavy atom. The largest absolute Gasteiger partial charge is 0.550 e. The number of carboxylic acid groups (broad SMARTS) is 1. The number of aliphatic carboxylic acids is 1. The van der Waals surface area contributed by atoms with Gasteiger partial charge in [0, 0.05) is 24.3 Å². The highest BCUT2D eigenvalue weighted by Crippen LogP contribution is 2.29. The first-order valence-electron chi connectivity index (χ1n) is 6.01. The molecule has 1 aliphatic rings. The third-order valence-corrected chi connectivity index (χ3v) is 3.09. The topological polar surface area (TPSA) is 69.2 Å². The fourth-order valence-electron chi connectivity index (χ4n) is 2.16. The van der Waals surface area contributed by atoms with Crippen LogP contribution < -0.4 is 10.4 Å². The highest BCUT2D eigenvalue weighted by molar-refractivity contribution is 5.84. The second kappa shape index (κ2) is 5.87. The van der Waals surface area contributed by atoms with Gasteiger partial charge in [-0.25, -0.2) is 0 Å². The Morgan fingerprint density at radius 1 is 1.25 bits per heavy atom. The van der Waals surface area contributed by atoms with E-state index in [9.17, 15) is 14.7 Å². The first-order valence-corrected chi connectivity index (χ1v) is 6.01. The summed E-state index contributed by atoms with van der Waals surface area (Å²) in [5.74, 6) is -1.81. The van der Waals surface area contributed by atoms with Crippen LogP contribution in [-0.2, 0) is 9.59 Å². The Labute approximate surface area is 96.4 Å². The number of carboxylic acids is 1. The number of carbonyl (C=O) groups is 2. The minimum Gasteiger partial charge on any atom is -0.550 e. The maximum Gasteiger partial charge on any atom is 0.223 e. The molecule has 0 heterocycles. The average Bonchev–Trinajstić information content (AvgIpc) is 2.25. The van der Waals surface area contributed by atoms with E-state index in [0.717, 1.165) is 12.8 Å². The molecule has 1 rings (SSSR count). The fourth-order valence-corrected chi connectivity index (χ4v) is 2.16.